The van der Waals surface area contributed by atoms with Crippen molar-refractivity contribution in [1.29, 1.82) is 0 Å². The molecule has 3 amide bonds. The van der Waals surface area contributed by atoms with Crippen LogP contribution in [0.4, 0.5) is 0 Å². The number of hydrogen-bond acceptors (Lipinski definition) is 5. The molecule has 0 saturated heterocycles. The minimum Gasteiger partial charge on any atom is -0.350 e. The highest BCUT2D eigenvalue weighted by Crippen LogP contribution is 2.30. The maximum atomic E-state index is 13.9. The van der Waals surface area contributed by atoms with Crippen molar-refractivity contribution >= 4 is 27.7 Å². The van der Waals surface area contributed by atoms with Crippen molar-refractivity contribution in [2.24, 2.45) is 0 Å². The highest BCUT2D eigenvalue weighted by atomic mass is 32.2. The van der Waals surface area contributed by atoms with Crippen molar-refractivity contribution in [3.63, 3.8) is 0 Å². The molecule has 9 heteroatoms. The minimum atomic E-state index is -4.19. The van der Waals surface area contributed by atoms with Crippen molar-refractivity contribution in [2.45, 2.75) is 50.2 Å². The van der Waals surface area contributed by atoms with Crippen LogP contribution in [-0.4, -0.2) is 53.5 Å². The van der Waals surface area contributed by atoms with Gasteiger partial charge in [-0.15, -0.1) is 0 Å². The Morgan fingerprint density at radius 2 is 1.42 bits per heavy atom. The minimum absolute atomic E-state index is 0.0289. The molecule has 3 aromatic rings. The Kier molecular flexibility index (Phi) is 7.68. The van der Waals surface area contributed by atoms with E-state index < -0.39 is 40.0 Å². The molecule has 0 radical (unpaired) electrons. The standard InChI is InChI=1S/C29H31N3O5S/c1-29(2,3)30-27(34)24(18-21-12-6-4-7-13-21)31(19-22-14-8-5-9-15-22)26(33)20-32-28(35)23-16-10-11-17-25(23)38(32,36)37/h4-17,24H,18-20H2,1-3H3,(H,30,34)/t24-/m0/s1. The van der Waals surface area contributed by atoms with E-state index in [1.54, 1.807) is 6.07 Å². The largest absolute Gasteiger partial charge is 0.350 e. The summed E-state index contributed by atoms with van der Waals surface area (Å²) in [7, 11) is -4.19. The monoisotopic (exact) mass is 533 g/mol. The topological polar surface area (TPSA) is 104 Å². The van der Waals surface area contributed by atoms with Gasteiger partial charge in [-0.05, 0) is 44.0 Å². The molecule has 0 fully saturated rings. The Morgan fingerprint density at radius 3 is 2.00 bits per heavy atom. The summed E-state index contributed by atoms with van der Waals surface area (Å²) in [6.07, 6.45) is 0.211. The van der Waals surface area contributed by atoms with Crippen LogP contribution in [0.1, 0.15) is 42.3 Å². The number of nitrogens with zero attached hydrogens (tertiary/aromatic N) is 2. The van der Waals surface area contributed by atoms with Crippen molar-refractivity contribution in [3.05, 3.63) is 102 Å². The van der Waals surface area contributed by atoms with E-state index in [0.717, 1.165) is 11.1 Å². The smallest absolute Gasteiger partial charge is 0.269 e. The number of nitrogens with one attached hydrogen (secondary N) is 1. The van der Waals surface area contributed by atoms with E-state index in [4.69, 9.17) is 0 Å². The second-order valence-corrected chi connectivity index (χ2v) is 12.1. The summed E-state index contributed by atoms with van der Waals surface area (Å²) >= 11 is 0. The third kappa shape index (κ3) is 5.94. The molecule has 198 valence electrons. The molecule has 0 bridgehead atoms. The third-order valence-electron chi connectivity index (χ3n) is 6.16. The van der Waals surface area contributed by atoms with Gasteiger partial charge in [-0.3, -0.25) is 14.4 Å². The zero-order chi connectivity index (χ0) is 27.5. The first-order valence-corrected chi connectivity index (χ1v) is 13.8. The molecule has 4 rings (SSSR count). The van der Waals surface area contributed by atoms with Gasteiger partial charge in [0.1, 0.15) is 17.5 Å². The summed E-state index contributed by atoms with van der Waals surface area (Å²) in [4.78, 5) is 41.7. The highest BCUT2D eigenvalue weighted by molar-refractivity contribution is 7.90. The Bertz CT molecular complexity index is 1430. The van der Waals surface area contributed by atoms with Crippen LogP contribution in [0.25, 0.3) is 0 Å². The van der Waals surface area contributed by atoms with E-state index in [2.05, 4.69) is 5.32 Å². The third-order valence-corrected chi connectivity index (χ3v) is 7.94. The zero-order valence-corrected chi connectivity index (χ0v) is 22.4. The van der Waals surface area contributed by atoms with Gasteiger partial charge in [0, 0.05) is 18.5 Å². The van der Waals surface area contributed by atoms with E-state index in [1.807, 2.05) is 81.4 Å². The lowest BCUT2D eigenvalue weighted by Gasteiger charge is -2.34. The zero-order valence-electron chi connectivity index (χ0n) is 21.6. The van der Waals surface area contributed by atoms with E-state index in [1.165, 1.54) is 23.1 Å². The van der Waals surface area contributed by atoms with Crippen LogP contribution in [0.15, 0.2) is 89.8 Å². The van der Waals surface area contributed by atoms with Crippen LogP contribution >= 0.6 is 0 Å². The molecule has 0 aromatic heterocycles. The fraction of sp³-hybridized carbons (Fsp3) is 0.276. The van der Waals surface area contributed by atoms with Crippen LogP contribution in [0.3, 0.4) is 0 Å². The van der Waals surface area contributed by atoms with Gasteiger partial charge in [-0.25, -0.2) is 12.7 Å². The number of amides is 3. The van der Waals surface area contributed by atoms with Crippen molar-refractivity contribution in [1.82, 2.24) is 14.5 Å². The maximum absolute atomic E-state index is 13.9. The van der Waals surface area contributed by atoms with Crippen LogP contribution in [0.2, 0.25) is 0 Å². The molecule has 1 heterocycles. The first-order chi connectivity index (χ1) is 18.0. The quantitative estimate of drug-likeness (QED) is 0.478. The normalized spacial score (nSPS) is 15.0. The molecule has 0 aliphatic carbocycles. The van der Waals surface area contributed by atoms with Crippen molar-refractivity contribution in [3.8, 4) is 0 Å². The van der Waals surface area contributed by atoms with Crippen molar-refractivity contribution < 1.29 is 22.8 Å². The fourth-order valence-corrected chi connectivity index (χ4v) is 5.91. The Labute approximate surface area is 223 Å². The van der Waals surface area contributed by atoms with Gasteiger partial charge in [0.25, 0.3) is 15.9 Å². The van der Waals surface area contributed by atoms with E-state index in [0.29, 0.717) is 4.31 Å². The summed E-state index contributed by atoms with van der Waals surface area (Å²) < 4.78 is 26.9. The summed E-state index contributed by atoms with van der Waals surface area (Å²) in [5.41, 5.74) is 1.07. The summed E-state index contributed by atoms with van der Waals surface area (Å²) in [6.45, 7) is 4.89. The van der Waals surface area contributed by atoms with Gasteiger partial charge in [0.15, 0.2) is 0 Å². The summed E-state index contributed by atoms with van der Waals surface area (Å²) in [6, 6.07) is 23.4. The van der Waals surface area contributed by atoms with E-state index in [9.17, 15) is 22.8 Å². The SMILES string of the molecule is CC(C)(C)NC(=O)[C@H](Cc1ccccc1)N(Cc1ccccc1)C(=O)CN1C(=O)c2ccccc2S1(=O)=O. The molecule has 1 atom stereocenters. The molecule has 38 heavy (non-hydrogen) atoms. The number of fused-ring (bicyclic) bond motifs is 1. The lowest BCUT2D eigenvalue weighted by molar-refractivity contribution is -0.141. The van der Waals surface area contributed by atoms with Gasteiger partial charge < -0.3 is 10.2 Å². The fourth-order valence-electron chi connectivity index (χ4n) is 4.39. The van der Waals surface area contributed by atoms with Crippen LogP contribution < -0.4 is 5.32 Å². The van der Waals surface area contributed by atoms with Gasteiger partial charge in [-0.2, -0.15) is 0 Å². The van der Waals surface area contributed by atoms with Gasteiger partial charge in [0.2, 0.25) is 11.8 Å². The van der Waals surface area contributed by atoms with Gasteiger partial charge >= 0.3 is 0 Å². The molecule has 8 nitrogen and oxygen atoms in total. The number of benzene rings is 3. The second kappa shape index (κ2) is 10.8. The number of rotatable bonds is 8. The summed E-state index contributed by atoms with van der Waals surface area (Å²) in [5, 5.41) is 2.96. The molecule has 0 saturated carbocycles. The predicted octanol–water partition coefficient (Wildman–Crippen LogP) is 3.39. The lowest BCUT2D eigenvalue weighted by Crippen LogP contribution is -2.56. The molecule has 1 aliphatic heterocycles. The molecule has 3 aromatic carbocycles. The molecule has 0 spiro atoms. The Morgan fingerprint density at radius 1 is 0.868 bits per heavy atom. The average Bonchev–Trinajstić information content (AvgIpc) is 3.07. The van der Waals surface area contributed by atoms with Gasteiger partial charge in [-0.1, -0.05) is 72.8 Å². The number of carbonyl (C=O) groups is 3. The number of carbonyl (C=O) groups excluding carboxylic acids is 3. The molecular formula is C29H31N3O5S. The highest BCUT2D eigenvalue weighted by Gasteiger charge is 2.43. The second-order valence-electron chi connectivity index (χ2n) is 10.3. The predicted molar refractivity (Wildman–Crippen MR) is 143 cm³/mol. The number of sulfonamides is 1. The maximum Gasteiger partial charge on any atom is 0.269 e. The molecule has 1 aliphatic rings. The molecular weight excluding hydrogens is 502 g/mol. The first kappa shape index (κ1) is 27.1. The summed E-state index contributed by atoms with van der Waals surface area (Å²) in [5.74, 6) is -1.78. The van der Waals surface area contributed by atoms with Crippen molar-refractivity contribution in [2.75, 3.05) is 6.54 Å². The number of hydrogen-bond donors (Lipinski definition) is 1. The molecule has 0 unspecified atom stereocenters. The van der Waals surface area contributed by atoms with Gasteiger partial charge in [0.05, 0.1) is 5.56 Å². The van der Waals surface area contributed by atoms with Crippen LogP contribution in [-0.2, 0) is 32.6 Å². The Balaban J connectivity index is 1.71. The van der Waals surface area contributed by atoms with Crippen LogP contribution in [0.5, 0.6) is 0 Å². The average molecular weight is 534 g/mol. The Hall–Kier alpha value is -3.98. The lowest BCUT2D eigenvalue weighted by atomic mass is 10.0. The molecule has 1 N–H and O–H groups in total. The first-order valence-electron chi connectivity index (χ1n) is 12.3. The van der Waals surface area contributed by atoms with E-state index in [-0.39, 0.29) is 29.3 Å². The van der Waals surface area contributed by atoms with E-state index >= 15 is 0 Å². The van der Waals surface area contributed by atoms with Crippen LogP contribution in [0, 0.1) is 0 Å².